The van der Waals surface area contributed by atoms with Gasteiger partial charge in [0.2, 0.25) is 5.88 Å². The minimum absolute atomic E-state index is 0.0268. The first kappa shape index (κ1) is 25.6. The van der Waals surface area contributed by atoms with Crippen LogP contribution in [-0.4, -0.2) is 81.7 Å². The van der Waals surface area contributed by atoms with Crippen LogP contribution in [0.2, 0.25) is 0 Å². The molecule has 0 radical (unpaired) electrons. The molecule has 8 heterocycles. The molecule has 12 heteroatoms. The Kier molecular flexibility index (Phi) is 6.21. The zero-order valence-electron chi connectivity index (χ0n) is 22.5. The minimum atomic E-state index is -3.05. The molecule has 8 rings (SSSR count). The molecule has 4 aromatic heterocycles. The van der Waals surface area contributed by atoms with E-state index >= 15 is 0 Å². The Bertz CT molecular complexity index is 1800. The number of rotatable bonds is 6. The fraction of sp³-hybridized carbons (Fsp3) is 0.345. The number of nitrogens with zero attached hydrogens (tertiary/aromatic N) is 8. The number of allylic oxidation sites excluding steroid dienone is 1. The number of piperidine rings is 1. The third-order valence-electron chi connectivity index (χ3n) is 8.32. The SMILES string of the molecule is COc1ccc(CN2C3CC2CN(c2cnc(-c4cc(C5=CCS(=O)(=O)CC5)cn5ncc(C#N)c45)cn2)C3)cn1. The van der Waals surface area contributed by atoms with Crippen LogP contribution in [0, 0.1) is 11.3 Å². The quantitative estimate of drug-likeness (QED) is 0.342. The van der Waals surface area contributed by atoms with Gasteiger partial charge in [-0.2, -0.15) is 10.4 Å². The van der Waals surface area contributed by atoms with Crippen molar-refractivity contribution in [3.63, 3.8) is 0 Å². The normalized spacial score (nSPS) is 21.7. The Morgan fingerprint density at radius 3 is 2.61 bits per heavy atom. The summed E-state index contributed by atoms with van der Waals surface area (Å²) in [6.07, 6.45) is 12.2. The Balaban J connectivity index is 1.12. The summed E-state index contributed by atoms with van der Waals surface area (Å²) in [6.45, 7) is 2.63. The molecule has 0 spiro atoms. The molecular formula is C29H28N8O3S. The molecule has 3 saturated heterocycles. The van der Waals surface area contributed by atoms with Crippen molar-refractivity contribution in [1.82, 2.24) is 29.5 Å². The van der Waals surface area contributed by atoms with E-state index in [1.165, 1.54) is 18.2 Å². The Hall–Kier alpha value is -4.34. The van der Waals surface area contributed by atoms with Crippen molar-refractivity contribution >= 4 is 26.7 Å². The number of methoxy groups -OCH3 is 1. The van der Waals surface area contributed by atoms with Gasteiger partial charge in [-0.3, -0.25) is 9.88 Å². The minimum Gasteiger partial charge on any atom is -0.481 e. The summed E-state index contributed by atoms with van der Waals surface area (Å²) in [7, 11) is -1.42. The summed E-state index contributed by atoms with van der Waals surface area (Å²) >= 11 is 0. The number of ether oxygens (including phenoxy) is 1. The summed E-state index contributed by atoms with van der Waals surface area (Å²) in [5, 5.41) is 14.1. The fourth-order valence-electron chi connectivity index (χ4n) is 6.11. The maximum atomic E-state index is 11.9. The van der Waals surface area contributed by atoms with Crippen molar-refractivity contribution in [2.45, 2.75) is 31.5 Å². The third kappa shape index (κ3) is 4.71. The van der Waals surface area contributed by atoms with Crippen molar-refractivity contribution in [1.29, 1.82) is 5.26 Å². The average Bonchev–Trinajstić information content (AvgIpc) is 3.43. The van der Waals surface area contributed by atoms with Crippen molar-refractivity contribution < 1.29 is 13.2 Å². The van der Waals surface area contributed by atoms with Gasteiger partial charge >= 0.3 is 0 Å². The maximum absolute atomic E-state index is 11.9. The highest BCUT2D eigenvalue weighted by Gasteiger charge is 2.44. The zero-order chi connectivity index (χ0) is 28.1. The van der Waals surface area contributed by atoms with E-state index in [0.29, 0.717) is 41.2 Å². The summed E-state index contributed by atoms with van der Waals surface area (Å²) in [5.74, 6) is 1.60. The van der Waals surface area contributed by atoms with Crippen molar-refractivity contribution in [2.75, 3.05) is 36.6 Å². The molecule has 0 amide bonds. The number of hydrogen-bond donors (Lipinski definition) is 0. The third-order valence-corrected chi connectivity index (χ3v) is 9.82. The van der Waals surface area contributed by atoms with Gasteiger partial charge in [0.25, 0.3) is 0 Å². The molecule has 208 valence electrons. The Labute approximate surface area is 237 Å². The topological polar surface area (TPSA) is 130 Å². The summed E-state index contributed by atoms with van der Waals surface area (Å²) in [4.78, 5) is 18.7. The van der Waals surface area contributed by atoms with Gasteiger partial charge in [0.15, 0.2) is 9.84 Å². The fourth-order valence-corrected chi connectivity index (χ4v) is 7.26. The second-order valence-electron chi connectivity index (χ2n) is 10.8. The maximum Gasteiger partial charge on any atom is 0.212 e. The number of piperazine rings is 1. The highest BCUT2D eigenvalue weighted by Crippen LogP contribution is 2.36. The smallest absolute Gasteiger partial charge is 0.212 e. The lowest BCUT2D eigenvalue weighted by Gasteiger charge is -2.56. The molecular weight excluding hydrogens is 540 g/mol. The molecule has 0 aliphatic carbocycles. The van der Waals surface area contributed by atoms with Crippen molar-refractivity contribution in [3.8, 4) is 23.2 Å². The number of fused-ring (bicyclic) bond motifs is 3. The number of aromatic nitrogens is 5. The number of hydrogen-bond acceptors (Lipinski definition) is 10. The van der Waals surface area contributed by atoms with Crippen LogP contribution in [0.3, 0.4) is 0 Å². The van der Waals surface area contributed by atoms with Crippen LogP contribution >= 0.6 is 0 Å². The predicted octanol–water partition coefficient (Wildman–Crippen LogP) is 2.73. The first-order chi connectivity index (χ1) is 19.9. The largest absolute Gasteiger partial charge is 0.481 e. The Morgan fingerprint density at radius 2 is 1.95 bits per heavy atom. The van der Waals surface area contributed by atoms with Crippen LogP contribution < -0.4 is 9.64 Å². The molecule has 3 fully saturated rings. The monoisotopic (exact) mass is 568 g/mol. The van der Waals surface area contributed by atoms with Crippen LogP contribution in [0.4, 0.5) is 5.82 Å². The van der Waals surface area contributed by atoms with E-state index in [9.17, 15) is 13.7 Å². The number of sulfone groups is 1. The Morgan fingerprint density at radius 1 is 1.10 bits per heavy atom. The number of anilines is 1. The standard InChI is InChI=1S/C29H28N8O3S/c1-40-28-3-2-19(11-33-28)15-36-23-9-24(36)18-35(17-23)27-14-31-26(13-32-27)25-8-21(20-4-6-41(38,39)7-5-20)16-37-29(25)22(10-30)12-34-37/h2-4,8,11-14,16,23-24H,5-7,9,15,17-18H2,1H3. The van der Waals surface area contributed by atoms with E-state index < -0.39 is 9.84 Å². The van der Waals surface area contributed by atoms with Crippen LogP contribution in [0.25, 0.3) is 22.3 Å². The van der Waals surface area contributed by atoms with Crippen LogP contribution in [0.5, 0.6) is 5.88 Å². The summed E-state index contributed by atoms with van der Waals surface area (Å²) in [6, 6.07) is 9.06. The second kappa shape index (κ2) is 9.94. The zero-order valence-corrected chi connectivity index (χ0v) is 23.3. The molecule has 4 aromatic rings. The van der Waals surface area contributed by atoms with Gasteiger partial charge < -0.3 is 9.64 Å². The van der Waals surface area contributed by atoms with Crippen LogP contribution in [0.1, 0.15) is 29.5 Å². The number of nitriles is 1. The number of pyridine rings is 2. The first-order valence-electron chi connectivity index (χ1n) is 13.5. The predicted molar refractivity (Wildman–Crippen MR) is 153 cm³/mol. The summed E-state index contributed by atoms with van der Waals surface area (Å²) in [5.41, 5.74) is 5.47. The lowest BCUT2D eigenvalue weighted by atomic mass is 9.87. The van der Waals surface area contributed by atoms with Crippen LogP contribution in [0.15, 0.2) is 55.3 Å². The summed E-state index contributed by atoms with van der Waals surface area (Å²) < 4.78 is 30.7. The van der Waals surface area contributed by atoms with Gasteiger partial charge in [-0.15, -0.1) is 0 Å². The molecule has 11 nitrogen and oxygen atoms in total. The van der Waals surface area contributed by atoms with Gasteiger partial charge in [0.1, 0.15) is 11.9 Å². The first-order valence-corrected chi connectivity index (χ1v) is 15.4. The molecule has 2 atom stereocenters. The molecule has 2 unspecified atom stereocenters. The van der Waals surface area contributed by atoms with Gasteiger partial charge in [-0.25, -0.2) is 22.9 Å². The van der Waals surface area contributed by atoms with E-state index in [-0.39, 0.29) is 11.5 Å². The van der Waals surface area contributed by atoms with E-state index in [2.05, 4.69) is 32.0 Å². The molecule has 41 heavy (non-hydrogen) atoms. The average molecular weight is 569 g/mol. The highest BCUT2D eigenvalue weighted by molar-refractivity contribution is 7.91. The van der Waals surface area contributed by atoms with E-state index in [4.69, 9.17) is 14.7 Å². The molecule has 4 aliphatic heterocycles. The van der Waals surface area contributed by atoms with Crippen molar-refractivity contribution in [2.24, 2.45) is 0 Å². The lowest BCUT2D eigenvalue weighted by Crippen LogP contribution is -2.68. The molecule has 4 aliphatic rings. The molecule has 0 N–H and O–H groups in total. The van der Waals surface area contributed by atoms with Gasteiger partial charge in [0, 0.05) is 55.7 Å². The molecule has 0 saturated carbocycles. The van der Waals surface area contributed by atoms with E-state index in [1.807, 2.05) is 24.5 Å². The van der Waals surface area contributed by atoms with E-state index in [0.717, 1.165) is 42.2 Å². The van der Waals surface area contributed by atoms with Crippen LogP contribution in [-0.2, 0) is 16.4 Å². The van der Waals surface area contributed by atoms with Crippen molar-refractivity contribution in [3.05, 3.63) is 71.9 Å². The lowest BCUT2D eigenvalue weighted by molar-refractivity contribution is -0.00879. The molecule has 2 bridgehead atoms. The van der Waals surface area contributed by atoms with Gasteiger partial charge in [-0.1, -0.05) is 12.1 Å². The highest BCUT2D eigenvalue weighted by atomic mass is 32.2. The van der Waals surface area contributed by atoms with E-state index in [1.54, 1.807) is 30.1 Å². The second-order valence-corrected chi connectivity index (χ2v) is 13.0. The van der Waals surface area contributed by atoms with Gasteiger partial charge in [-0.05, 0) is 35.6 Å². The van der Waals surface area contributed by atoms with Gasteiger partial charge in [0.05, 0.1) is 54.0 Å². The molecule has 0 aromatic carbocycles.